The van der Waals surface area contributed by atoms with E-state index in [1.807, 2.05) is 44.2 Å². The highest BCUT2D eigenvalue weighted by molar-refractivity contribution is 6.19. The number of amides is 2. The molecule has 2 amide bonds. The molecule has 1 unspecified atom stereocenters. The zero-order valence-electron chi connectivity index (χ0n) is 20.3. The monoisotopic (exact) mass is 461 g/mol. The number of rotatable bonds is 9. The molecular weight excluding hydrogens is 430 g/mol. The van der Waals surface area contributed by atoms with Gasteiger partial charge < -0.3 is 14.9 Å². The van der Waals surface area contributed by atoms with Gasteiger partial charge in [0.05, 0.1) is 5.52 Å². The molecule has 1 heterocycles. The molecule has 0 saturated heterocycles. The molecule has 7 nitrogen and oxygen atoms in total. The van der Waals surface area contributed by atoms with Crippen LogP contribution in [0.1, 0.15) is 58.1 Å². The van der Waals surface area contributed by atoms with Gasteiger partial charge in [0.25, 0.3) is 5.91 Å². The van der Waals surface area contributed by atoms with E-state index in [0.717, 1.165) is 22.9 Å². The molecule has 34 heavy (non-hydrogen) atoms. The average molecular weight is 462 g/mol. The molecule has 7 heteroatoms. The molecule has 3 aromatic rings. The number of hydrogen-bond donors (Lipinski definition) is 2. The summed E-state index contributed by atoms with van der Waals surface area (Å²) >= 11 is 0. The second-order valence-electron chi connectivity index (χ2n) is 7.97. The second kappa shape index (κ2) is 11.3. The van der Waals surface area contributed by atoms with Gasteiger partial charge in [-0.1, -0.05) is 26.0 Å². The van der Waals surface area contributed by atoms with E-state index in [4.69, 9.17) is 9.57 Å². The van der Waals surface area contributed by atoms with Crippen LogP contribution < -0.4 is 20.4 Å². The molecule has 1 aromatic heterocycles. The Morgan fingerprint density at radius 2 is 1.85 bits per heavy atom. The fourth-order valence-electron chi connectivity index (χ4n) is 3.65. The Labute approximate surface area is 200 Å². The first-order valence-electron chi connectivity index (χ1n) is 11.5. The number of likely N-dealkylation sites (N-methyl/N-ethyl adjacent to an activating group) is 1. The topological polar surface area (TPSA) is 89.6 Å². The van der Waals surface area contributed by atoms with Crippen molar-refractivity contribution in [1.29, 1.82) is 0 Å². The number of aromatic nitrogens is 1. The Hall–Kier alpha value is -3.87. The van der Waals surface area contributed by atoms with Crippen LogP contribution in [-0.4, -0.2) is 23.3 Å². The number of carbonyl (C=O) groups excluding carboxylic acids is 2. The number of allylic oxidation sites excluding steroid dienone is 1. The SMILES string of the molecule is C/C=C(/C(=O)NCC)c1ccc(Oc2ccnc3cc(ONC(C)=O)ccc23)cc1C(C)CC. The van der Waals surface area contributed by atoms with Crippen molar-refractivity contribution in [3.63, 3.8) is 0 Å². The maximum Gasteiger partial charge on any atom is 0.251 e. The van der Waals surface area contributed by atoms with Crippen LogP contribution in [0, 0.1) is 0 Å². The molecule has 2 aromatic carbocycles. The summed E-state index contributed by atoms with van der Waals surface area (Å²) in [7, 11) is 0. The molecule has 1 atom stereocenters. The van der Waals surface area contributed by atoms with Gasteiger partial charge in [-0.05, 0) is 67.6 Å². The maximum absolute atomic E-state index is 12.6. The van der Waals surface area contributed by atoms with Crippen LogP contribution in [0.4, 0.5) is 0 Å². The number of nitrogens with one attached hydrogen (secondary N) is 2. The molecule has 0 aliphatic carbocycles. The van der Waals surface area contributed by atoms with Crippen molar-refractivity contribution in [3.05, 3.63) is 65.9 Å². The van der Waals surface area contributed by atoms with Gasteiger partial charge in [0.1, 0.15) is 11.5 Å². The van der Waals surface area contributed by atoms with Crippen LogP contribution in [0.2, 0.25) is 0 Å². The first-order chi connectivity index (χ1) is 16.4. The molecule has 0 radical (unpaired) electrons. The maximum atomic E-state index is 12.6. The van der Waals surface area contributed by atoms with E-state index in [-0.39, 0.29) is 17.7 Å². The van der Waals surface area contributed by atoms with E-state index in [0.29, 0.717) is 34.9 Å². The number of fused-ring (bicyclic) bond motifs is 1. The number of hydrogen-bond acceptors (Lipinski definition) is 5. The van der Waals surface area contributed by atoms with E-state index in [9.17, 15) is 9.59 Å². The highest BCUT2D eigenvalue weighted by atomic mass is 16.7. The van der Waals surface area contributed by atoms with Crippen molar-refractivity contribution in [2.75, 3.05) is 6.54 Å². The van der Waals surface area contributed by atoms with Crippen molar-refractivity contribution >= 4 is 28.3 Å². The third-order valence-electron chi connectivity index (χ3n) is 5.54. The van der Waals surface area contributed by atoms with Crippen molar-refractivity contribution in [3.8, 4) is 17.2 Å². The van der Waals surface area contributed by atoms with Gasteiger partial charge in [-0.25, -0.2) is 0 Å². The van der Waals surface area contributed by atoms with Gasteiger partial charge in [-0.3, -0.25) is 14.6 Å². The molecule has 0 aliphatic rings. The standard InChI is InChI=1S/C27H31N3O4/c1-6-17(4)24-15-19(9-11-22(24)21(7-2)27(32)28-8-3)33-26-13-14-29-25-16-20(10-12-23(25)26)34-30-18(5)31/h7,9-17H,6,8H2,1-5H3,(H,28,32)(H,30,31)/b21-7+. The Morgan fingerprint density at radius 3 is 2.53 bits per heavy atom. The minimum absolute atomic E-state index is 0.0827. The minimum atomic E-state index is -0.293. The lowest BCUT2D eigenvalue weighted by atomic mass is 9.89. The van der Waals surface area contributed by atoms with Crippen LogP contribution in [0.15, 0.2) is 54.7 Å². The van der Waals surface area contributed by atoms with Crippen LogP contribution in [0.5, 0.6) is 17.2 Å². The molecule has 0 spiro atoms. The highest BCUT2D eigenvalue weighted by Gasteiger charge is 2.18. The number of pyridine rings is 1. The van der Waals surface area contributed by atoms with Crippen molar-refractivity contribution in [1.82, 2.24) is 15.8 Å². The van der Waals surface area contributed by atoms with E-state index < -0.39 is 0 Å². The van der Waals surface area contributed by atoms with E-state index in [1.54, 1.807) is 24.4 Å². The van der Waals surface area contributed by atoms with E-state index in [1.165, 1.54) is 6.92 Å². The van der Waals surface area contributed by atoms with Crippen LogP contribution in [0.25, 0.3) is 16.5 Å². The average Bonchev–Trinajstić information content (AvgIpc) is 2.83. The highest BCUT2D eigenvalue weighted by Crippen LogP contribution is 2.35. The molecular formula is C27H31N3O4. The van der Waals surface area contributed by atoms with E-state index in [2.05, 4.69) is 29.6 Å². The largest absolute Gasteiger partial charge is 0.457 e. The first kappa shape index (κ1) is 24.8. The predicted molar refractivity (Wildman–Crippen MR) is 134 cm³/mol. The molecule has 0 fully saturated rings. The summed E-state index contributed by atoms with van der Waals surface area (Å²) in [6.07, 6.45) is 4.44. The Balaban J connectivity index is 1.96. The third kappa shape index (κ3) is 5.73. The van der Waals surface area contributed by atoms with Gasteiger partial charge in [0.2, 0.25) is 5.91 Å². The molecule has 2 N–H and O–H groups in total. The molecule has 3 rings (SSSR count). The normalized spacial score (nSPS) is 12.2. The van der Waals surface area contributed by atoms with Crippen molar-refractivity contribution < 1.29 is 19.2 Å². The first-order valence-corrected chi connectivity index (χ1v) is 11.5. The molecule has 0 saturated carbocycles. The third-order valence-corrected chi connectivity index (χ3v) is 5.54. The summed E-state index contributed by atoms with van der Waals surface area (Å²) in [5.74, 6) is 1.66. The van der Waals surface area contributed by atoms with Crippen molar-refractivity contribution in [2.24, 2.45) is 0 Å². The summed E-state index contributed by atoms with van der Waals surface area (Å²) in [6, 6.07) is 13.0. The minimum Gasteiger partial charge on any atom is -0.457 e. The van der Waals surface area contributed by atoms with Gasteiger partial charge in [0.15, 0.2) is 5.75 Å². The lowest BCUT2D eigenvalue weighted by Crippen LogP contribution is -2.24. The molecule has 178 valence electrons. The molecule has 0 aliphatic heterocycles. The van der Waals surface area contributed by atoms with Crippen LogP contribution in [0.3, 0.4) is 0 Å². The quantitative estimate of drug-likeness (QED) is 0.324. The summed E-state index contributed by atoms with van der Waals surface area (Å²) in [5.41, 5.74) is 5.61. The van der Waals surface area contributed by atoms with Crippen LogP contribution in [-0.2, 0) is 9.59 Å². The number of nitrogens with zero attached hydrogens (tertiary/aromatic N) is 1. The second-order valence-corrected chi connectivity index (χ2v) is 7.97. The predicted octanol–water partition coefficient (Wildman–Crippen LogP) is 5.51. The summed E-state index contributed by atoms with van der Waals surface area (Å²) in [6.45, 7) is 10.0. The summed E-state index contributed by atoms with van der Waals surface area (Å²) in [5, 5.41) is 3.70. The van der Waals surface area contributed by atoms with Crippen LogP contribution >= 0.6 is 0 Å². The lowest BCUT2D eigenvalue weighted by molar-refractivity contribution is -0.125. The smallest absolute Gasteiger partial charge is 0.251 e. The van der Waals surface area contributed by atoms with Gasteiger partial charge in [-0.15, -0.1) is 0 Å². The summed E-state index contributed by atoms with van der Waals surface area (Å²) < 4.78 is 6.27. The number of carbonyl (C=O) groups is 2. The Kier molecular flexibility index (Phi) is 8.24. The molecule has 0 bridgehead atoms. The fraction of sp³-hybridized carbons (Fsp3) is 0.296. The van der Waals surface area contributed by atoms with Gasteiger partial charge in [0, 0.05) is 36.7 Å². The lowest BCUT2D eigenvalue weighted by Gasteiger charge is -2.19. The number of hydroxylamine groups is 1. The fourth-order valence-corrected chi connectivity index (χ4v) is 3.65. The zero-order valence-corrected chi connectivity index (χ0v) is 20.3. The zero-order chi connectivity index (χ0) is 24.7. The van der Waals surface area contributed by atoms with Crippen molar-refractivity contribution in [2.45, 2.75) is 47.0 Å². The Bertz CT molecular complexity index is 1220. The number of ether oxygens (including phenoxy) is 1. The summed E-state index contributed by atoms with van der Waals surface area (Å²) in [4.78, 5) is 33.4. The van der Waals surface area contributed by atoms with Gasteiger partial charge >= 0.3 is 0 Å². The Morgan fingerprint density at radius 1 is 1.09 bits per heavy atom. The van der Waals surface area contributed by atoms with Gasteiger partial charge in [-0.2, -0.15) is 5.48 Å². The van der Waals surface area contributed by atoms with E-state index >= 15 is 0 Å². The number of benzene rings is 2.